The Kier molecular flexibility index (Phi) is 6.04. The molecule has 2 aromatic heterocycles. The second kappa shape index (κ2) is 7.56. The molecule has 0 fully saturated rings. The van der Waals surface area contributed by atoms with Gasteiger partial charge in [0.2, 0.25) is 0 Å². The first kappa shape index (κ1) is 16.0. The molecule has 4 nitrogen and oxygen atoms in total. The molecular formula is C13H17BrClN3OS. The van der Waals surface area contributed by atoms with E-state index in [-0.39, 0.29) is 6.04 Å². The van der Waals surface area contributed by atoms with Crippen LogP contribution >= 0.6 is 38.9 Å². The van der Waals surface area contributed by atoms with Gasteiger partial charge in [0.25, 0.3) is 0 Å². The molecule has 0 aliphatic heterocycles. The molecule has 0 amide bonds. The van der Waals surface area contributed by atoms with Crippen molar-refractivity contribution in [3.8, 4) is 0 Å². The maximum absolute atomic E-state index is 6.07. The molecule has 0 saturated carbocycles. The van der Waals surface area contributed by atoms with Crippen LogP contribution in [-0.2, 0) is 11.3 Å². The molecule has 1 unspecified atom stereocenters. The van der Waals surface area contributed by atoms with Crippen LogP contribution in [0.15, 0.2) is 22.8 Å². The van der Waals surface area contributed by atoms with Gasteiger partial charge in [0.15, 0.2) is 0 Å². The Morgan fingerprint density at radius 3 is 2.95 bits per heavy atom. The van der Waals surface area contributed by atoms with Crippen LogP contribution in [0.4, 0.5) is 0 Å². The number of methoxy groups -OCH3 is 1. The first-order valence-corrected chi connectivity index (χ1v) is 8.34. The van der Waals surface area contributed by atoms with Gasteiger partial charge in [-0.05, 0) is 34.6 Å². The standard InChI is InChI=1S/C13H17BrClN3OS/c1-3-16-12(10-4-5-11(15)20-10)13-9(14)8-17-18(13)6-7-19-2/h4-5,8,12,16H,3,6-7H2,1-2H3. The highest BCUT2D eigenvalue weighted by Crippen LogP contribution is 2.34. The number of thiophene rings is 1. The van der Waals surface area contributed by atoms with E-state index < -0.39 is 0 Å². The minimum absolute atomic E-state index is 0.0752. The van der Waals surface area contributed by atoms with Crippen molar-refractivity contribution in [2.24, 2.45) is 0 Å². The third-order valence-corrected chi connectivity index (χ3v) is 4.81. The van der Waals surface area contributed by atoms with Crippen LogP contribution in [0.5, 0.6) is 0 Å². The zero-order chi connectivity index (χ0) is 14.5. The van der Waals surface area contributed by atoms with E-state index in [1.165, 1.54) is 4.88 Å². The number of hydrogen-bond donors (Lipinski definition) is 1. The average Bonchev–Trinajstić information content (AvgIpc) is 3.01. The molecule has 2 heterocycles. The number of nitrogens with one attached hydrogen (secondary N) is 1. The average molecular weight is 379 g/mol. The molecular weight excluding hydrogens is 362 g/mol. The van der Waals surface area contributed by atoms with Crippen molar-refractivity contribution in [2.75, 3.05) is 20.3 Å². The largest absolute Gasteiger partial charge is 0.383 e. The molecule has 110 valence electrons. The zero-order valence-corrected chi connectivity index (χ0v) is 14.6. The fourth-order valence-corrected chi connectivity index (χ4v) is 3.70. The molecule has 0 saturated heterocycles. The molecule has 0 aliphatic rings. The summed E-state index contributed by atoms with van der Waals surface area (Å²) in [5.41, 5.74) is 1.10. The van der Waals surface area contributed by atoms with E-state index in [0.29, 0.717) is 6.61 Å². The van der Waals surface area contributed by atoms with Crippen molar-refractivity contribution >= 4 is 38.9 Å². The van der Waals surface area contributed by atoms with E-state index in [1.807, 2.05) is 16.9 Å². The lowest BCUT2D eigenvalue weighted by atomic mass is 10.1. The summed E-state index contributed by atoms with van der Waals surface area (Å²) in [5, 5.41) is 7.90. The minimum atomic E-state index is 0.0752. The lowest BCUT2D eigenvalue weighted by Gasteiger charge is -2.19. The highest BCUT2D eigenvalue weighted by atomic mass is 79.9. The third kappa shape index (κ3) is 3.62. The smallest absolute Gasteiger partial charge is 0.0931 e. The van der Waals surface area contributed by atoms with Crippen molar-refractivity contribution in [1.82, 2.24) is 15.1 Å². The maximum atomic E-state index is 6.07. The van der Waals surface area contributed by atoms with Crippen molar-refractivity contribution in [2.45, 2.75) is 19.5 Å². The molecule has 1 N–H and O–H groups in total. The molecule has 20 heavy (non-hydrogen) atoms. The van der Waals surface area contributed by atoms with Gasteiger partial charge in [-0.25, -0.2) is 0 Å². The molecule has 1 atom stereocenters. The Morgan fingerprint density at radius 2 is 2.35 bits per heavy atom. The number of hydrogen-bond acceptors (Lipinski definition) is 4. The Bertz CT molecular complexity index is 558. The Balaban J connectivity index is 2.35. The van der Waals surface area contributed by atoms with Crippen molar-refractivity contribution < 1.29 is 4.74 Å². The SMILES string of the molecule is CCNC(c1ccc(Cl)s1)c1c(Br)cnn1CCOC. The van der Waals surface area contributed by atoms with Crippen molar-refractivity contribution in [1.29, 1.82) is 0 Å². The summed E-state index contributed by atoms with van der Waals surface area (Å²) in [5.74, 6) is 0. The molecule has 0 aliphatic carbocycles. The predicted octanol–water partition coefficient (Wildman–Crippen LogP) is 3.71. The van der Waals surface area contributed by atoms with Gasteiger partial charge in [-0.1, -0.05) is 18.5 Å². The van der Waals surface area contributed by atoms with Crippen LogP contribution in [0.3, 0.4) is 0 Å². The third-order valence-electron chi connectivity index (χ3n) is 2.90. The monoisotopic (exact) mass is 377 g/mol. The van der Waals surface area contributed by atoms with Crippen LogP contribution in [-0.4, -0.2) is 30.0 Å². The normalized spacial score (nSPS) is 12.8. The van der Waals surface area contributed by atoms with E-state index in [4.69, 9.17) is 16.3 Å². The number of aromatic nitrogens is 2. The number of nitrogens with zero attached hydrogens (tertiary/aromatic N) is 2. The van der Waals surface area contributed by atoms with Gasteiger partial charge in [0, 0.05) is 12.0 Å². The Labute approximate surface area is 136 Å². The lowest BCUT2D eigenvalue weighted by molar-refractivity contribution is 0.182. The van der Waals surface area contributed by atoms with Gasteiger partial charge >= 0.3 is 0 Å². The molecule has 0 spiro atoms. The summed E-state index contributed by atoms with van der Waals surface area (Å²) in [6.07, 6.45) is 1.82. The van der Waals surface area contributed by atoms with Gasteiger partial charge in [0.05, 0.1) is 39.9 Å². The second-order valence-electron chi connectivity index (χ2n) is 4.23. The Hall–Kier alpha value is -0.400. The first-order chi connectivity index (χ1) is 9.67. The lowest BCUT2D eigenvalue weighted by Crippen LogP contribution is -2.25. The molecule has 2 rings (SSSR count). The summed E-state index contributed by atoms with van der Waals surface area (Å²) in [6, 6.07) is 4.06. The highest BCUT2D eigenvalue weighted by Gasteiger charge is 2.22. The van der Waals surface area contributed by atoms with Gasteiger partial charge in [0.1, 0.15) is 0 Å². The van der Waals surface area contributed by atoms with Gasteiger partial charge in [-0.2, -0.15) is 5.10 Å². The van der Waals surface area contributed by atoms with Crippen LogP contribution in [0.25, 0.3) is 0 Å². The number of rotatable bonds is 7. The Morgan fingerprint density at radius 1 is 1.55 bits per heavy atom. The van der Waals surface area contributed by atoms with Crippen LogP contribution < -0.4 is 5.32 Å². The summed E-state index contributed by atoms with van der Waals surface area (Å²) in [6.45, 7) is 4.30. The summed E-state index contributed by atoms with van der Waals surface area (Å²) in [7, 11) is 1.69. The van der Waals surface area contributed by atoms with E-state index in [2.05, 4.69) is 39.3 Å². The summed E-state index contributed by atoms with van der Waals surface area (Å²) >= 11 is 11.2. The molecule has 2 aromatic rings. The fourth-order valence-electron chi connectivity index (χ4n) is 2.03. The summed E-state index contributed by atoms with van der Waals surface area (Å²) in [4.78, 5) is 1.18. The minimum Gasteiger partial charge on any atom is -0.383 e. The molecule has 7 heteroatoms. The molecule has 0 bridgehead atoms. The second-order valence-corrected chi connectivity index (χ2v) is 6.83. The predicted molar refractivity (Wildman–Crippen MR) is 86.7 cm³/mol. The van der Waals surface area contributed by atoms with E-state index in [0.717, 1.165) is 27.6 Å². The molecule has 0 aromatic carbocycles. The quantitative estimate of drug-likeness (QED) is 0.798. The zero-order valence-electron chi connectivity index (χ0n) is 11.4. The molecule has 0 radical (unpaired) electrons. The van der Waals surface area contributed by atoms with Gasteiger partial charge in [-0.3, -0.25) is 4.68 Å². The van der Waals surface area contributed by atoms with Crippen molar-refractivity contribution in [3.05, 3.63) is 37.7 Å². The van der Waals surface area contributed by atoms with Crippen LogP contribution in [0, 0.1) is 0 Å². The van der Waals surface area contributed by atoms with Crippen LogP contribution in [0.2, 0.25) is 4.34 Å². The van der Waals surface area contributed by atoms with E-state index in [9.17, 15) is 0 Å². The van der Waals surface area contributed by atoms with E-state index >= 15 is 0 Å². The topological polar surface area (TPSA) is 39.1 Å². The number of ether oxygens (including phenoxy) is 1. The van der Waals surface area contributed by atoms with Gasteiger partial charge in [-0.15, -0.1) is 11.3 Å². The maximum Gasteiger partial charge on any atom is 0.0931 e. The number of halogens is 2. The fraction of sp³-hybridized carbons (Fsp3) is 0.462. The summed E-state index contributed by atoms with van der Waals surface area (Å²) < 4.78 is 8.89. The van der Waals surface area contributed by atoms with Crippen molar-refractivity contribution in [3.63, 3.8) is 0 Å². The first-order valence-electron chi connectivity index (χ1n) is 6.36. The highest BCUT2D eigenvalue weighted by molar-refractivity contribution is 9.10. The van der Waals surface area contributed by atoms with E-state index in [1.54, 1.807) is 18.4 Å². The van der Waals surface area contributed by atoms with Gasteiger partial charge < -0.3 is 10.1 Å². The van der Waals surface area contributed by atoms with Crippen LogP contribution in [0.1, 0.15) is 23.5 Å².